The number of carbonyl (C=O) groups is 2. The zero-order valence-electron chi connectivity index (χ0n) is 15.3. The van der Waals surface area contributed by atoms with Gasteiger partial charge in [-0.25, -0.2) is 0 Å². The lowest BCUT2D eigenvalue weighted by atomic mass is 9.67. The summed E-state index contributed by atoms with van der Waals surface area (Å²) < 4.78 is 0.393. The van der Waals surface area contributed by atoms with Gasteiger partial charge in [-0.2, -0.15) is 0 Å². The van der Waals surface area contributed by atoms with Crippen LogP contribution in [0.5, 0.6) is 0 Å². The van der Waals surface area contributed by atoms with Crippen molar-refractivity contribution in [2.45, 2.75) is 41.1 Å². The predicted octanol–water partition coefficient (Wildman–Crippen LogP) is 4.21. The number of benzene rings is 1. The standard InChI is InChI=1S/C20H26N2O2S3/c21-18(23)12-25-17-7-2-1-6-16(17)22-19(24)13-10-14-4-3-5-15(11-13)20(14)26-8-9-27-20/h1-2,6-7,13-15H,3-5,8-12H2,(H2,21,23)(H,22,24). The molecule has 2 saturated carbocycles. The quantitative estimate of drug-likeness (QED) is 0.696. The number of anilines is 1. The Hall–Kier alpha value is -0.790. The van der Waals surface area contributed by atoms with E-state index >= 15 is 0 Å². The number of rotatable bonds is 5. The van der Waals surface area contributed by atoms with Crippen molar-refractivity contribution < 1.29 is 9.59 Å². The van der Waals surface area contributed by atoms with Crippen molar-refractivity contribution in [3.63, 3.8) is 0 Å². The Bertz CT molecular complexity index is 705. The second kappa shape index (κ2) is 8.29. The molecule has 4 rings (SSSR count). The molecule has 7 heteroatoms. The van der Waals surface area contributed by atoms with E-state index in [2.05, 4.69) is 28.8 Å². The monoisotopic (exact) mass is 422 g/mol. The lowest BCUT2D eigenvalue weighted by molar-refractivity contribution is -0.122. The minimum absolute atomic E-state index is 0.0990. The third-order valence-electron chi connectivity index (χ3n) is 6.01. The van der Waals surface area contributed by atoms with Gasteiger partial charge < -0.3 is 11.1 Å². The molecule has 1 saturated heterocycles. The van der Waals surface area contributed by atoms with Crippen LogP contribution in [0.4, 0.5) is 5.69 Å². The molecule has 2 amide bonds. The van der Waals surface area contributed by atoms with Gasteiger partial charge in [0.15, 0.2) is 0 Å². The van der Waals surface area contributed by atoms with Gasteiger partial charge in [0.05, 0.1) is 15.5 Å². The summed E-state index contributed by atoms with van der Waals surface area (Å²) in [6.45, 7) is 0. The summed E-state index contributed by atoms with van der Waals surface area (Å²) in [5.41, 5.74) is 6.06. The van der Waals surface area contributed by atoms with E-state index in [9.17, 15) is 9.59 Å². The molecule has 3 aliphatic rings. The molecular formula is C20H26N2O2S3. The highest BCUT2D eigenvalue weighted by Crippen LogP contribution is 2.64. The second-order valence-corrected chi connectivity index (χ2v) is 11.7. The van der Waals surface area contributed by atoms with Crippen LogP contribution >= 0.6 is 35.3 Å². The molecule has 2 bridgehead atoms. The van der Waals surface area contributed by atoms with Gasteiger partial charge in [-0.3, -0.25) is 9.59 Å². The van der Waals surface area contributed by atoms with E-state index in [0.29, 0.717) is 15.9 Å². The van der Waals surface area contributed by atoms with Crippen molar-refractivity contribution in [3.05, 3.63) is 24.3 Å². The third-order valence-corrected chi connectivity index (χ3v) is 11.1. The predicted molar refractivity (Wildman–Crippen MR) is 116 cm³/mol. The van der Waals surface area contributed by atoms with Crippen LogP contribution in [0.3, 0.4) is 0 Å². The molecule has 1 spiro atoms. The van der Waals surface area contributed by atoms with Gasteiger partial charge >= 0.3 is 0 Å². The Kier molecular flexibility index (Phi) is 6.00. The molecule has 0 radical (unpaired) electrons. The molecule has 4 nitrogen and oxygen atoms in total. The maximum atomic E-state index is 13.1. The smallest absolute Gasteiger partial charge is 0.227 e. The minimum Gasteiger partial charge on any atom is -0.369 e. The summed E-state index contributed by atoms with van der Waals surface area (Å²) in [5, 5.41) is 3.15. The molecule has 146 valence electrons. The summed E-state index contributed by atoms with van der Waals surface area (Å²) in [5.74, 6) is 3.97. The average molecular weight is 423 g/mol. The molecule has 1 aromatic carbocycles. The summed E-state index contributed by atoms with van der Waals surface area (Å²) >= 11 is 5.72. The number of amides is 2. The first-order chi connectivity index (χ1) is 13.1. The fourth-order valence-corrected chi connectivity index (χ4v) is 9.59. The number of para-hydroxylation sites is 1. The molecule has 0 aromatic heterocycles. The highest BCUT2D eigenvalue weighted by atomic mass is 32.2. The van der Waals surface area contributed by atoms with E-state index < -0.39 is 0 Å². The van der Waals surface area contributed by atoms with Crippen molar-refractivity contribution in [2.24, 2.45) is 23.5 Å². The van der Waals surface area contributed by atoms with Gasteiger partial charge in [0.25, 0.3) is 0 Å². The maximum Gasteiger partial charge on any atom is 0.227 e. The van der Waals surface area contributed by atoms with Crippen molar-refractivity contribution in [1.29, 1.82) is 0 Å². The molecular weight excluding hydrogens is 396 g/mol. The van der Waals surface area contributed by atoms with Crippen molar-refractivity contribution in [2.75, 3.05) is 22.6 Å². The number of hydrogen-bond acceptors (Lipinski definition) is 5. The van der Waals surface area contributed by atoms with Crippen LogP contribution in [0.1, 0.15) is 32.1 Å². The van der Waals surface area contributed by atoms with Crippen LogP contribution in [0, 0.1) is 17.8 Å². The van der Waals surface area contributed by atoms with Gasteiger partial charge in [0, 0.05) is 22.3 Å². The average Bonchev–Trinajstić information content (AvgIpc) is 3.10. The fraction of sp³-hybridized carbons (Fsp3) is 0.600. The Morgan fingerprint density at radius 2 is 1.81 bits per heavy atom. The van der Waals surface area contributed by atoms with E-state index in [1.165, 1.54) is 42.5 Å². The Morgan fingerprint density at radius 1 is 1.15 bits per heavy atom. The van der Waals surface area contributed by atoms with Gasteiger partial charge in [-0.15, -0.1) is 35.3 Å². The van der Waals surface area contributed by atoms with Gasteiger partial charge in [0.2, 0.25) is 11.8 Å². The largest absolute Gasteiger partial charge is 0.369 e. The van der Waals surface area contributed by atoms with Gasteiger partial charge in [-0.05, 0) is 49.7 Å². The molecule has 1 aromatic rings. The number of carbonyl (C=O) groups excluding carboxylic acids is 2. The molecule has 3 fully saturated rings. The van der Waals surface area contributed by atoms with E-state index in [0.717, 1.165) is 23.4 Å². The van der Waals surface area contributed by atoms with Crippen LogP contribution < -0.4 is 11.1 Å². The zero-order valence-corrected chi connectivity index (χ0v) is 17.8. The molecule has 27 heavy (non-hydrogen) atoms. The normalized spacial score (nSPS) is 28.8. The SMILES string of the molecule is NC(=O)CSc1ccccc1NC(=O)C1CC2CCCC(C1)C21SCCS1. The fourth-order valence-electron chi connectivity index (χ4n) is 4.90. The summed E-state index contributed by atoms with van der Waals surface area (Å²) in [6, 6.07) is 7.68. The summed E-state index contributed by atoms with van der Waals surface area (Å²) in [4.78, 5) is 25.1. The summed E-state index contributed by atoms with van der Waals surface area (Å²) in [7, 11) is 0. The lowest BCUT2D eigenvalue weighted by Crippen LogP contribution is -2.48. The van der Waals surface area contributed by atoms with Crippen LogP contribution in [0.2, 0.25) is 0 Å². The Balaban J connectivity index is 1.45. The Labute approximate surface area is 173 Å². The number of nitrogens with one attached hydrogen (secondary N) is 1. The van der Waals surface area contributed by atoms with Crippen LogP contribution in [0.25, 0.3) is 0 Å². The zero-order chi connectivity index (χ0) is 18.9. The van der Waals surface area contributed by atoms with E-state index in [-0.39, 0.29) is 23.5 Å². The molecule has 2 aliphatic carbocycles. The van der Waals surface area contributed by atoms with E-state index in [1.54, 1.807) is 0 Å². The second-order valence-electron chi connectivity index (χ2n) is 7.65. The lowest BCUT2D eigenvalue weighted by Gasteiger charge is -2.52. The molecule has 1 heterocycles. The van der Waals surface area contributed by atoms with Gasteiger partial charge in [-0.1, -0.05) is 18.6 Å². The van der Waals surface area contributed by atoms with Gasteiger partial charge in [0.1, 0.15) is 0 Å². The van der Waals surface area contributed by atoms with E-state index in [4.69, 9.17) is 5.73 Å². The minimum atomic E-state index is -0.349. The molecule has 2 unspecified atom stereocenters. The third kappa shape index (κ3) is 4.01. The first kappa shape index (κ1) is 19.5. The van der Waals surface area contributed by atoms with Crippen molar-refractivity contribution in [3.8, 4) is 0 Å². The topological polar surface area (TPSA) is 72.2 Å². The van der Waals surface area contributed by atoms with Crippen LogP contribution in [-0.4, -0.2) is 33.2 Å². The first-order valence-electron chi connectivity index (χ1n) is 9.67. The molecule has 3 N–H and O–H groups in total. The summed E-state index contributed by atoms with van der Waals surface area (Å²) in [6.07, 6.45) is 5.88. The van der Waals surface area contributed by atoms with Crippen molar-refractivity contribution >= 4 is 52.8 Å². The van der Waals surface area contributed by atoms with Crippen molar-refractivity contribution in [1.82, 2.24) is 0 Å². The number of nitrogens with two attached hydrogens (primary N) is 1. The number of hydrogen-bond donors (Lipinski definition) is 2. The highest BCUT2D eigenvalue weighted by molar-refractivity contribution is 8.21. The molecule has 1 aliphatic heterocycles. The molecule has 2 atom stereocenters. The van der Waals surface area contributed by atoms with Crippen LogP contribution in [0.15, 0.2) is 29.2 Å². The maximum absolute atomic E-state index is 13.1. The van der Waals surface area contributed by atoms with E-state index in [1.807, 2.05) is 24.3 Å². The van der Waals surface area contributed by atoms with Crippen LogP contribution in [-0.2, 0) is 9.59 Å². The Morgan fingerprint density at radius 3 is 2.48 bits per heavy atom. The number of primary amides is 1. The highest BCUT2D eigenvalue weighted by Gasteiger charge is 2.55. The number of thioether (sulfide) groups is 3. The first-order valence-corrected chi connectivity index (χ1v) is 12.6.